The third kappa shape index (κ3) is 3.65. The lowest BCUT2D eigenvalue weighted by Crippen LogP contribution is -2.36. The van der Waals surface area contributed by atoms with E-state index < -0.39 is 22.5 Å². The van der Waals surface area contributed by atoms with Gasteiger partial charge < -0.3 is 9.47 Å². The highest BCUT2D eigenvalue weighted by atomic mass is 32.2. The van der Waals surface area contributed by atoms with Crippen LogP contribution in [0, 0.1) is 6.92 Å². The summed E-state index contributed by atoms with van der Waals surface area (Å²) in [5.41, 5.74) is 1.14. The van der Waals surface area contributed by atoms with E-state index in [2.05, 4.69) is 4.74 Å². The molecule has 0 aliphatic rings. The molecule has 2 rings (SSSR count). The van der Waals surface area contributed by atoms with E-state index in [1.165, 1.54) is 20.3 Å². The van der Waals surface area contributed by atoms with Crippen molar-refractivity contribution in [1.82, 2.24) is 0 Å². The summed E-state index contributed by atoms with van der Waals surface area (Å²) in [4.78, 5) is 11.7. The number of thiophene rings is 1. The monoisotopic (exact) mass is 355 g/mol. The summed E-state index contributed by atoms with van der Waals surface area (Å²) in [5, 5.41) is 1.66. The SMILES string of the molecule is COC(=O)CN(c1cc(C)ccc1OC)S(=O)(=O)c1cccs1. The molecule has 0 fully saturated rings. The van der Waals surface area contributed by atoms with E-state index in [4.69, 9.17) is 4.74 Å². The van der Waals surface area contributed by atoms with Crippen molar-refractivity contribution in [3.8, 4) is 5.75 Å². The first-order chi connectivity index (χ1) is 10.9. The molecule has 0 N–H and O–H groups in total. The Balaban J connectivity index is 2.60. The highest BCUT2D eigenvalue weighted by molar-refractivity contribution is 7.94. The van der Waals surface area contributed by atoms with E-state index >= 15 is 0 Å². The van der Waals surface area contributed by atoms with Crippen molar-refractivity contribution in [2.24, 2.45) is 0 Å². The zero-order valence-electron chi connectivity index (χ0n) is 13.0. The Morgan fingerprint density at radius 3 is 2.57 bits per heavy atom. The fourth-order valence-electron chi connectivity index (χ4n) is 2.00. The smallest absolute Gasteiger partial charge is 0.326 e. The van der Waals surface area contributed by atoms with Crippen molar-refractivity contribution < 1.29 is 22.7 Å². The maximum atomic E-state index is 12.9. The predicted octanol–water partition coefficient (Wildman–Crippen LogP) is 2.43. The molecule has 0 amide bonds. The maximum Gasteiger partial charge on any atom is 0.326 e. The predicted molar refractivity (Wildman–Crippen MR) is 88.6 cm³/mol. The van der Waals surface area contributed by atoms with Crippen LogP contribution in [0.25, 0.3) is 0 Å². The van der Waals surface area contributed by atoms with E-state index in [0.29, 0.717) is 11.4 Å². The van der Waals surface area contributed by atoms with Gasteiger partial charge in [0.2, 0.25) is 0 Å². The van der Waals surface area contributed by atoms with Gasteiger partial charge in [-0.2, -0.15) is 0 Å². The second kappa shape index (κ2) is 7.01. The minimum Gasteiger partial charge on any atom is -0.495 e. The van der Waals surface area contributed by atoms with Gasteiger partial charge >= 0.3 is 5.97 Å². The Labute approximate surface area is 139 Å². The van der Waals surface area contributed by atoms with E-state index in [1.54, 1.807) is 29.6 Å². The van der Waals surface area contributed by atoms with E-state index in [1.807, 2.05) is 6.92 Å². The minimum absolute atomic E-state index is 0.143. The maximum absolute atomic E-state index is 12.9. The minimum atomic E-state index is -3.89. The number of carbonyl (C=O) groups is 1. The quantitative estimate of drug-likeness (QED) is 0.744. The Bertz CT molecular complexity index is 784. The molecule has 0 atom stereocenters. The Kier molecular flexibility index (Phi) is 5.27. The highest BCUT2D eigenvalue weighted by Gasteiger charge is 2.30. The fourth-order valence-corrected chi connectivity index (χ4v) is 4.51. The van der Waals surface area contributed by atoms with Crippen molar-refractivity contribution in [2.75, 3.05) is 25.1 Å². The van der Waals surface area contributed by atoms with Crippen molar-refractivity contribution in [1.29, 1.82) is 0 Å². The van der Waals surface area contributed by atoms with Gasteiger partial charge in [-0.15, -0.1) is 11.3 Å². The molecule has 0 saturated carbocycles. The summed E-state index contributed by atoms with van der Waals surface area (Å²) < 4.78 is 36.8. The third-order valence-corrected chi connectivity index (χ3v) is 6.28. The van der Waals surface area contributed by atoms with Crippen LogP contribution in [0.15, 0.2) is 39.9 Å². The first kappa shape index (κ1) is 17.3. The Morgan fingerprint density at radius 2 is 2.00 bits per heavy atom. The van der Waals surface area contributed by atoms with Crippen LogP contribution >= 0.6 is 11.3 Å². The molecule has 8 heteroatoms. The number of benzene rings is 1. The summed E-state index contributed by atoms with van der Waals surface area (Å²) >= 11 is 1.08. The highest BCUT2D eigenvalue weighted by Crippen LogP contribution is 2.34. The molecule has 1 heterocycles. The number of anilines is 1. The number of esters is 1. The standard InChI is InChI=1S/C15H17NO5S2/c1-11-6-7-13(20-2)12(9-11)16(10-14(17)21-3)23(18,19)15-5-4-8-22-15/h4-9H,10H2,1-3H3. The topological polar surface area (TPSA) is 72.9 Å². The van der Waals surface area contributed by atoms with Gasteiger partial charge in [0.1, 0.15) is 16.5 Å². The van der Waals surface area contributed by atoms with Crippen LogP contribution in [-0.2, 0) is 19.6 Å². The molecule has 0 unspecified atom stereocenters. The molecule has 6 nitrogen and oxygen atoms in total. The van der Waals surface area contributed by atoms with Crippen LogP contribution in [0.4, 0.5) is 5.69 Å². The van der Waals surface area contributed by atoms with Gasteiger partial charge in [-0.1, -0.05) is 12.1 Å². The van der Waals surface area contributed by atoms with E-state index in [0.717, 1.165) is 21.2 Å². The molecule has 0 bridgehead atoms. The zero-order chi connectivity index (χ0) is 17.0. The average Bonchev–Trinajstić information content (AvgIpc) is 3.07. The molecule has 23 heavy (non-hydrogen) atoms. The zero-order valence-corrected chi connectivity index (χ0v) is 14.6. The van der Waals surface area contributed by atoms with Crippen molar-refractivity contribution >= 4 is 33.0 Å². The molecule has 0 saturated heterocycles. The van der Waals surface area contributed by atoms with E-state index in [9.17, 15) is 13.2 Å². The molecule has 0 aliphatic carbocycles. The van der Waals surface area contributed by atoms with Gasteiger partial charge in [-0.3, -0.25) is 9.10 Å². The first-order valence-corrected chi connectivity index (χ1v) is 9.00. The van der Waals surface area contributed by atoms with Crippen molar-refractivity contribution in [2.45, 2.75) is 11.1 Å². The molecule has 1 aromatic carbocycles. The van der Waals surface area contributed by atoms with Gasteiger partial charge in [-0.05, 0) is 36.1 Å². The van der Waals surface area contributed by atoms with Gasteiger partial charge in [0.05, 0.1) is 19.9 Å². The number of methoxy groups -OCH3 is 2. The second-order valence-electron chi connectivity index (χ2n) is 4.70. The third-order valence-electron chi connectivity index (χ3n) is 3.14. The Hall–Kier alpha value is -2.06. The Morgan fingerprint density at radius 1 is 1.26 bits per heavy atom. The molecular formula is C15H17NO5S2. The molecule has 124 valence electrons. The first-order valence-electron chi connectivity index (χ1n) is 6.68. The summed E-state index contributed by atoms with van der Waals surface area (Å²) in [6.45, 7) is 1.40. The van der Waals surface area contributed by atoms with Gasteiger partial charge in [0.25, 0.3) is 10.0 Å². The van der Waals surface area contributed by atoms with E-state index in [-0.39, 0.29) is 4.21 Å². The summed E-state index contributed by atoms with van der Waals surface area (Å²) in [6, 6.07) is 8.26. The molecule has 2 aromatic rings. The lowest BCUT2D eigenvalue weighted by molar-refractivity contribution is -0.138. The number of aryl methyl sites for hydroxylation is 1. The molecule has 0 aliphatic heterocycles. The van der Waals surface area contributed by atoms with Crippen molar-refractivity contribution in [3.63, 3.8) is 0 Å². The second-order valence-corrected chi connectivity index (χ2v) is 7.73. The van der Waals surface area contributed by atoms with Gasteiger partial charge in [-0.25, -0.2) is 8.42 Å². The largest absolute Gasteiger partial charge is 0.495 e. The van der Waals surface area contributed by atoms with Gasteiger partial charge in [0.15, 0.2) is 0 Å². The van der Waals surface area contributed by atoms with Crippen LogP contribution in [0.1, 0.15) is 5.56 Å². The number of carbonyl (C=O) groups excluding carboxylic acids is 1. The molecule has 0 spiro atoms. The number of hydrogen-bond donors (Lipinski definition) is 0. The number of hydrogen-bond acceptors (Lipinski definition) is 6. The summed E-state index contributed by atoms with van der Waals surface area (Å²) in [7, 11) is -1.23. The van der Waals surface area contributed by atoms with Crippen LogP contribution < -0.4 is 9.04 Å². The van der Waals surface area contributed by atoms with Crippen LogP contribution in [0.3, 0.4) is 0 Å². The van der Waals surface area contributed by atoms with Crippen molar-refractivity contribution in [3.05, 3.63) is 41.3 Å². The normalized spacial score (nSPS) is 11.1. The summed E-state index contributed by atoms with van der Waals surface area (Å²) in [5.74, 6) is -0.298. The lowest BCUT2D eigenvalue weighted by atomic mass is 10.2. The number of sulfonamides is 1. The lowest BCUT2D eigenvalue weighted by Gasteiger charge is -2.24. The number of ether oxygens (including phenoxy) is 2. The van der Waals surface area contributed by atoms with Crippen LogP contribution in [-0.4, -0.2) is 35.2 Å². The van der Waals surface area contributed by atoms with Crippen LogP contribution in [0.2, 0.25) is 0 Å². The van der Waals surface area contributed by atoms with Gasteiger partial charge in [0, 0.05) is 0 Å². The molecule has 0 radical (unpaired) electrons. The number of nitrogens with zero attached hydrogens (tertiary/aromatic N) is 1. The fraction of sp³-hybridized carbons (Fsp3) is 0.267. The number of rotatable bonds is 6. The average molecular weight is 355 g/mol. The molecular weight excluding hydrogens is 338 g/mol. The van der Waals surface area contributed by atoms with Crippen LogP contribution in [0.5, 0.6) is 5.75 Å². The molecule has 1 aromatic heterocycles. The summed E-state index contributed by atoms with van der Waals surface area (Å²) in [6.07, 6.45) is 0.